The lowest BCUT2D eigenvalue weighted by molar-refractivity contribution is 0.0650. The third-order valence-electron chi connectivity index (χ3n) is 2.47. The molecule has 82 valence electrons. The number of nitrogens with zero attached hydrogens (tertiary/aromatic N) is 1. The van der Waals surface area contributed by atoms with Gasteiger partial charge in [0.2, 0.25) is 5.76 Å². The Hall–Kier alpha value is -1.37. The molecule has 1 aromatic rings. The second-order valence-corrected chi connectivity index (χ2v) is 5.72. The van der Waals surface area contributed by atoms with Gasteiger partial charge in [-0.15, -0.1) is 0 Å². The standard InChI is InChI=1S/C8H9NO5S/c10-8(11)7-5(4-9-14-7)6-2-1-3-15(6,12)13/h4,6H,1-3H2,(H,10,11). The largest absolute Gasteiger partial charge is 0.475 e. The Morgan fingerprint density at radius 2 is 2.33 bits per heavy atom. The molecule has 1 fully saturated rings. The van der Waals surface area contributed by atoms with Crippen LogP contribution in [0.4, 0.5) is 0 Å². The van der Waals surface area contributed by atoms with Crippen LogP contribution in [0.5, 0.6) is 0 Å². The van der Waals surface area contributed by atoms with Gasteiger partial charge >= 0.3 is 5.97 Å². The minimum Gasteiger partial charge on any atom is -0.475 e. The van der Waals surface area contributed by atoms with Crippen molar-refractivity contribution in [1.29, 1.82) is 0 Å². The summed E-state index contributed by atoms with van der Waals surface area (Å²) < 4.78 is 27.7. The summed E-state index contributed by atoms with van der Waals surface area (Å²) in [4.78, 5) is 10.7. The zero-order valence-electron chi connectivity index (χ0n) is 7.71. The molecule has 1 saturated heterocycles. The van der Waals surface area contributed by atoms with Crippen molar-refractivity contribution in [3.8, 4) is 0 Å². The van der Waals surface area contributed by atoms with Gasteiger partial charge in [-0.25, -0.2) is 13.2 Å². The molecule has 1 atom stereocenters. The average molecular weight is 231 g/mol. The lowest BCUT2D eigenvalue weighted by atomic mass is 10.1. The molecule has 2 rings (SSSR count). The summed E-state index contributed by atoms with van der Waals surface area (Å²) in [5.41, 5.74) is 0.167. The van der Waals surface area contributed by atoms with Gasteiger partial charge in [0.05, 0.1) is 17.2 Å². The fourth-order valence-electron chi connectivity index (χ4n) is 1.78. The van der Waals surface area contributed by atoms with E-state index >= 15 is 0 Å². The van der Waals surface area contributed by atoms with Crippen molar-refractivity contribution in [2.75, 3.05) is 5.75 Å². The molecular weight excluding hydrogens is 222 g/mol. The molecule has 1 unspecified atom stereocenters. The van der Waals surface area contributed by atoms with Crippen LogP contribution >= 0.6 is 0 Å². The Balaban J connectivity index is 2.46. The molecular formula is C8H9NO5S. The van der Waals surface area contributed by atoms with Crippen molar-refractivity contribution in [2.45, 2.75) is 18.1 Å². The second kappa shape index (κ2) is 3.34. The van der Waals surface area contributed by atoms with E-state index in [1.54, 1.807) is 0 Å². The molecule has 0 aliphatic carbocycles. The zero-order valence-corrected chi connectivity index (χ0v) is 8.53. The SMILES string of the molecule is O=C(O)c1oncc1C1CCCS1(=O)=O. The normalized spacial score (nSPS) is 24.1. The maximum Gasteiger partial charge on any atom is 0.375 e. The Morgan fingerprint density at radius 3 is 2.87 bits per heavy atom. The molecule has 15 heavy (non-hydrogen) atoms. The summed E-state index contributed by atoms with van der Waals surface area (Å²) in [6.07, 6.45) is 2.16. The van der Waals surface area contributed by atoms with E-state index in [-0.39, 0.29) is 17.1 Å². The lowest BCUT2D eigenvalue weighted by Gasteiger charge is -2.05. The number of aromatic carboxylic acids is 1. The second-order valence-electron chi connectivity index (χ2n) is 3.41. The highest BCUT2D eigenvalue weighted by Gasteiger charge is 2.37. The third-order valence-corrected chi connectivity index (χ3v) is 4.68. The van der Waals surface area contributed by atoms with E-state index in [4.69, 9.17) is 5.11 Å². The number of carbonyl (C=O) groups is 1. The van der Waals surface area contributed by atoms with Crippen LogP contribution in [-0.4, -0.2) is 30.4 Å². The monoisotopic (exact) mass is 231 g/mol. The summed E-state index contributed by atoms with van der Waals surface area (Å²) in [5, 5.41) is 11.3. The van der Waals surface area contributed by atoms with Crippen LogP contribution < -0.4 is 0 Å². The van der Waals surface area contributed by atoms with Gasteiger partial charge in [-0.1, -0.05) is 5.16 Å². The van der Waals surface area contributed by atoms with E-state index in [0.717, 1.165) is 0 Å². The molecule has 0 amide bonds. The number of rotatable bonds is 2. The quantitative estimate of drug-likeness (QED) is 0.801. The minimum atomic E-state index is -3.23. The molecule has 0 bridgehead atoms. The Kier molecular flexibility index (Phi) is 2.26. The number of carboxylic acid groups (broad SMARTS) is 1. The first-order valence-corrected chi connectivity index (χ1v) is 6.13. The molecule has 0 saturated carbocycles. The average Bonchev–Trinajstić information content (AvgIpc) is 2.69. The number of carboxylic acids is 1. The molecule has 0 radical (unpaired) electrons. The lowest BCUT2D eigenvalue weighted by Crippen LogP contribution is -2.10. The van der Waals surface area contributed by atoms with Gasteiger partial charge in [0, 0.05) is 5.56 Å². The van der Waals surface area contributed by atoms with Gasteiger partial charge in [-0.2, -0.15) is 0 Å². The van der Waals surface area contributed by atoms with E-state index in [1.807, 2.05) is 0 Å². The van der Waals surface area contributed by atoms with Crippen LogP contribution in [0.3, 0.4) is 0 Å². The van der Waals surface area contributed by atoms with Gasteiger partial charge in [-0.05, 0) is 12.8 Å². The number of aromatic nitrogens is 1. The van der Waals surface area contributed by atoms with Crippen molar-refractivity contribution in [2.24, 2.45) is 0 Å². The van der Waals surface area contributed by atoms with Crippen LogP contribution in [-0.2, 0) is 9.84 Å². The highest BCUT2D eigenvalue weighted by atomic mass is 32.2. The minimum absolute atomic E-state index is 0.0991. The van der Waals surface area contributed by atoms with Gasteiger partial charge in [0.1, 0.15) is 0 Å². The van der Waals surface area contributed by atoms with Crippen molar-refractivity contribution in [3.63, 3.8) is 0 Å². The van der Waals surface area contributed by atoms with Crippen LogP contribution in [0, 0.1) is 0 Å². The Labute approximate surface area is 85.8 Å². The Bertz CT molecular complexity index is 489. The highest BCUT2D eigenvalue weighted by molar-refractivity contribution is 7.91. The van der Waals surface area contributed by atoms with Gasteiger partial charge in [0.25, 0.3) is 0 Å². The molecule has 1 aromatic heterocycles. The van der Waals surface area contributed by atoms with E-state index in [9.17, 15) is 13.2 Å². The Morgan fingerprint density at radius 1 is 1.60 bits per heavy atom. The smallest absolute Gasteiger partial charge is 0.375 e. The predicted molar refractivity (Wildman–Crippen MR) is 49.2 cm³/mol. The molecule has 1 aliphatic rings. The van der Waals surface area contributed by atoms with E-state index < -0.39 is 21.1 Å². The molecule has 6 nitrogen and oxygen atoms in total. The third kappa shape index (κ3) is 1.63. The maximum absolute atomic E-state index is 11.6. The fraction of sp³-hybridized carbons (Fsp3) is 0.500. The molecule has 0 spiro atoms. The number of hydrogen-bond acceptors (Lipinski definition) is 5. The number of hydrogen-bond donors (Lipinski definition) is 1. The topological polar surface area (TPSA) is 97.5 Å². The summed E-state index contributed by atoms with van der Waals surface area (Å²) in [6.45, 7) is 0. The van der Waals surface area contributed by atoms with Crippen LogP contribution in [0.1, 0.15) is 34.2 Å². The molecule has 1 aliphatic heterocycles. The van der Waals surface area contributed by atoms with Crippen molar-refractivity contribution in [1.82, 2.24) is 5.16 Å². The van der Waals surface area contributed by atoms with Crippen LogP contribution in [0.2, 0.25) is 0 Å². The zero-order chi connectivity index (χ0) is 11.1. The van der Waals surface area contributed by atoms with Crippen molar-refractivity contribution < 1.29 is 22.8 Å². The molecule has 2 heterocycles. The summed E-state index contributed by atoms with van der Waals surface area (Å²) in [5.74, 6) is -1.56. The van der Waals surface area contributed by atoms with Crippen molar-refractivity contribution >= 4 is 15.8 Å². The number of sulfone groups is 1. The van der Waals surface area contributed by atoms with Gasteiger partial charge in [-0.3, -0.25) is 0 Å². The predicted octanol–water partition coefficient (Wildman–Crippen LogP) is 0.623. The van der Waals surface area contributed by atoms with E-state index in [0.29, 0.717) is 12.8 Å². The first kappa shape index (κ1) is 10.2. The van der Waals surface area contributed by atoms with Crippen LogP contribution in [0.25, 0.3) is 0 Å². The van der Waals surface area contributed by atoms with E-state index in [2.05, 4.69) is 9.68 Å². The van der Waals surface area contributed by atoms with Gasteiger partial charge < -0.3 is 9.63 Å². The van der Waals surface area contributed by atoms with Crippen LogP contribution in [0.15, 0.2) is 10.7 Å². The summed E-state index contributed by atoms with van der Waals surface area (Å²) in [6, 6.07) is 0. The first-order valence-electron chi connectivity index (χ1n) is 4.42. The summed E-state index contributed by atoms with van der Waals surface area (Å²) >= 11 is 0. The molecule has 1 N–H and O–H groups in total. The maximum atomic E-state index is 11.6. The molecule has 7 heteroatoms. The van der Waals surface area contributed by atoms with Crippen molar-refractivity contribution in [3.05, 3.63) is 17.5 Å². The highest BCUT2D eigenvalue weighted by Crippen LogP contribution is 2.36. The fourth-order valence-corrected chi connectivity index (χ4v) is 3.71. The summed E-state index contributed by atoms with van der Waals surface area (Å²) in [7, 11) is -3.23. The van der Waals surface area contributed by atoms with Gasteiger partial charge in [0.15, 0.2) is 9.84 Å². The first-order chi connectivity index (χ1) is 7.02. The van der Waals surface area contributed by atoms with E-state index in [1.165, 1.54) is 6.20 Å². The molecule has 0 aromatic carbocycles.